The molecule has 4 rings (SSSR count). The number of H-pyrrole nitrogens is 1. The SMILES string of the molecule is CCC(C)(C)n1nnnc1[C@H](C(C)C)N(Cc1cc2cc(C)cc(C)c2[nH]c1=O)C1CCCC1. The molecule has 0 aliphatic heterocycles. The van der Waals surface area contributed by atoms with Gasteiger partial charge in [0.05, 0.1) is 17.1 Å². The summed E-state index contributed by atoms with van der Waals surface area (Å²) in [4.78, 5) is 18.9. The fourth-order valence-electron chi connectivity index (χ4n) is 5.53. The van der Waals surface area contributed by atoms with Crippen LogP contribution in [0.5, 0.6) is 0 Å². The fraction of sp³-hybridized carbons (Fsp3) is 0.630. The van der Waals surface area contributed by atoms with Crippen LogP contribution in [0.15, 0.2) is 23.0 Å². The maximum atomic E-state index is 13.2. The van der Waals surface area contributed by atoms with Crippen molar-refractivity contribution in [1.29, 1.82) is 0 Å². The van der Waals surface area contributed by atoms with E-state index in [1.807, 2.05) is 4.68 Å². The first kappa shape index (κ1) is 24.6. The molecule has 0 radical (unpaired) electrons. The molecule has 2 heterocycles. The molecule has 0 bridgehead atoms. The maximum Gasteiger partial charge on any atom is 0.252 e. The van der Waals surface area contributed by atoms with Crippen molar-refractivity contribution in [3.63, 3.8) is 0 Å². The molecule has 1 aliphatic carbocycles. The average Bonchev–Trinajstić information content (AvgIpc) is 3.46. The van der Waals surface area contributed by atoms with Gasteiger partial charge in [-0.3, -0.25) is 9.69 Å². The third kappa shape index (κ3) is 4.67. The van der Waals surface area contributed by atoms with Gasteiger partial charge in [-0.15, -0.1) is 5.10 Å². The third-order valence-corrected chi connectivity index (χ3v) is 7.70. The van der Waals surface area contributed by atoms with E-state index in [0.717, 1.165) is 47.1 Å². The van der Waals surface area contributed by atoms with Crippen LogP contribution in [0.2, 0.25) is 0 Å². The van der Waals surface area contributed by atoms with Crippen LogP contribution in [0.3, 0.4) is 0 Å². The number of aromatic amines is 1. The molecule has 7 nitrogen and oxygen atoms in total. The Balaban J connectivity index is 1.81. The molecule has 7 heteroatoms. The first-order chi connectivity index (χ1) is 16.1. The third-order valence-electron chi connectivity index (χ3n) is 7.70. The molecule has 0 saturated heterocycles. The number of nitrogens with one attached hydrogen (secondary N) is 1. The Labute approximate surface area is 202 Å². The van der Waals surface area contributed by atoms with E-state index in [4.69, 9.17) is 0 Å². The van der Waals surface area contributed by atoms with Gasteiger partial charge in [-0.2, -0.15) is 0 Å². The van der Waals surface area contributed by atoms with Crippen molar-refractivity contribution in [3.8, 4) is 0 Å². The Kier molecular flexibility index (Phi) is 6.94. The zero-order valence-corrected chi connectivity index (χ0v) is 21.9. The number of aromatic nitrogens is 5. The lowest BCUT2D eigenvalue weighted by Crippen LogP contribution is -2.42. The zero-order valence-electron chi connectivity index (χ0n) is 21.9. The average molecular weight is 465 g/mol. The Morgan fingerprint density at radius 2 is 1.88 bits per heavy atom. The van der Waals surface area contributed by atoms with Crippen LogP contribution in [0.4, 0.5) is 0 Å². The summed E-state index contributed by atoms with van der Waals surface area (Å²) in [7, 11) is 0. The van der Waals surface area contributed by atoms with Gasteiger partial charge < -0.3 is 4.98 Å². The summed E-state index contributed by atoms with van der Waals surface area (Å²) in [6, 6.07) is 6.81. The molecule has 34 heavy (non-hydrogen) atoms. The number of nitrogens with zero attached hydrogens (tertiary/aromatic N) is 5. The molecule has 1 fully saturated rings. The van der Waals surface area contributed by atoms with Crippen LogP contribution in [0.25, 0.3) is 10.9 Å². The van der Waals surface area contributed by atoms with Crippen molar-refractivity contribution in [2.24, 2.45) is 5.92 Å². The molecule has 1 N–H and O–H groups in total. The Morgan fingerprint density at radius 3 is 2.53 bits per heavy atom. The van der Waals surface area contributed by atoms with E-state index >= 15 is 0 Å². The minimum atomic E-state index is -0.178. The van der Waals surface area contributed by atoms with E-state index < -0.39 is 0 Å². The molecule has 0 amide bonds. The van der Waals surface area contributed by atoms with Crippen LogP contribution < -0.4 is 5.56 Å². The summed E-state index contributed by atoms with van der Waals surface area (Å²) in [5.74, 6) is 1.19. The Bertz CT molecular complexity index is 1200. The van der Waals surface area contributed by atoms with E-state index in [9.17, 15) is 4.79 Å². The number of hydrogen-bond donors (Lipinski definition) is 1. The summed E-state index contributed by atoms with van der Waals surface area (Å²) >= 11 is 0. The smallest absolute Gasteiger partial charge is 0.252 e. The van der Waals surface area contributed by atoms with Gasteiger partial charge >= 0.3 is 0 Å². The summed E-state index contributed by atoms with van der Waals surface area (Å²) in [6.45, 7) is 15.8. The Hall–Kier alpha value is -2.54. The second-order valence-electron chi connectivity index (χ2n) is 11.1. The second kappa shape index (κ2) is 9.61. The number of rotatable bonds is 8. The Morgan fingerprint density at radius 1 is 1.18 bits per heavy atom. The predicted octanol–water partition coefficient (Wildman–Crippen LogP) is 5.42. The number of aryl methyl sites for hydroxylation is 2. The van der Waals surface area contributed by atoms with E-state index in [1.54, 1.807) is 0 Å². The summed E-state index contributed by atoms with van der Waals surface area (Å²) < 4.78 is 2.01. The van der Waals surface area contributed by atoms with Gasteiger partial charge in [0.1, 0.15) is 0 Å². The van der Waals surface area contributed by atoms with Gasteiger partial charge in [0, 0.05) is 18.2 Å². The van der Waals surface area contributed by atoms with Gasteiger partial charge in [0.2, 0.25) is 0 Å². The molecule has 2 aromatic heterocycles. The highest BCUT2D eigenvalue weighted by Gasteiger charge is 2.37. The van der Waals surface area contributed by atoms with Gasteiger partial charge in [0.15, 0.2) is 5.82 Å². The van der Waals surface area contributed by atoms with Crippen LogP contribution in [-0.4, -0.2) is 36.1 Å². The van der Waals surface area contributed by atoms with Gasteiger partial charge in [-0.1, -0.05) is 45.2 Å². The molecule has 1 atom stereocenters. The molecule has 1 aromatic carbocycles. The van der Waals surface area contributed by atoms with E-state index in [0.29, 0.717) is 18.5 Å². The van der Waals surface area contributed by atoms with Crippen LogP contribution in [0, 0.1) is 19.8 Å². The molecule has 1 saturated carbocycles. The highest BCUT2D eigenvalue weighted by Crippen LogP contribution is 2.37. The number of benzene rings is 1. The van der Waals surface area contributed by atoms with Gasteiger partial charge in [0.25, 0.3) is 5.56 Å². The van der Waals surface area contributed by atoms with Crippen molar-refractivity contribution < 1.29 is 0 Å². The molecular formula is C27H40N6O. The lowest BCUT2D eigenvalue weighted by atomic mass is 9.95. The van der Waals surface area contributed by atoms with Crippen LogP contribution in [0.1, 0.15) is 95.3 Å². The van der Waals surface area contributed by atoms with Crippen LogP contribution in [-0.2, 0) is 12.1 Å². The number of hydrogen-bond acceptors (Lipinski definition) is 5. The fourth-order valence-corrected chi connectivity index (χ4v) is 5.53. The minimum absolute atomic E-state index is 0.00145. The van der Waals surface area contributed by atoms with Crippen LogP contribution >= 0.6 is 0 Å². The summed E-state index contributed by atoms with van der Waals surface area (Å²) in [6.07, 6.45) is 5.67. The van der Waals surface area contributed by atoms with E-state index in [1.165, 1.54) is 18.4 Å². The van der Waals surface area contributed by atoms with Crippen molar-refractivity contribution in [2.45, 2.75) is 105 Å². The van der Waals surface area contributed by atoms with Gasteiger partial charge in [-0.25, -0.2) is 4.68 Å². The maximum absolute atomic E-state index is 13.2. The first-order valence-corrected chi connectivity index (χ1v) is 12.8. The van der Waals surface area contributed by atoms with Crippen molar-refractivity contribution >= 4 is 10.9 Å². The lowest BCUT2D eigenvalue weighted by molar-refractivity contribution is 0.0791. The number of fused-ring (bicyclic) bond motifs is 1. The topological polar surface area (TPSA) is 79.7 Å². The molecule has 1 aliphatic rings. The largest absolute Gasteiger partial charge is 0.321 e. The number of tetrazole rings is 1. The van der Waals surface area contributed by atoms with Crippen molar-refractivity contribution in [3.05, 3.63) is 51.1 Å². The molecule has 0 spiro atoms. The van der Waals surface area contributed by atoms with Gasteiger partial charge in [-0.05, 0) is 86.4 Å². The van der Waals surface area contributed by atoms with Crippen molar-refractivity contribution in [1.82, 2.24) is 30.1 Å². The van der Waals surface area contributed by atoms with E-state index in [2.05, 4.69) is 92.1 Å². The molecule has 3 aromatic rings. The lowest BCUT2D eigenvalue weighted by Gasteiger charge is -2.39. The normalized spacial score (nSPS) is 16.3. The number of pyridine rings is 1. The summed E-state index contributed by atoms with van der Waals surface area (Å²) in [5.41, 5.74) is 3.87. The molecule has 0 unspecified atom stereocenters. The summed E-state index contributed by atoms with van der Waals surface area (Å²) in [5, 5.41) is 14.2. The predicted molar refractivity (Wildman–Crippen MR) is 137 cm³/mol. The minimum Gasteiger partial charge on any atom is -0.321 e. The second-order valence-corrected chi connectivity index (χ2v) is 11.1. The molecular weight excluding hydrogens is 424 g/mol. The quantitative estimate of drug-likeness (QED) is 0.482. The molecule has 184 valence electrons. The zero-order chi connectivity index (χ0) is 24.6. The standard InChI is InChI=1S/C27H40N6O/c1-8-27(6,7)33-25(29-30-31-33)24(17(2)3)32(22-11-9-10-12-22)16-21-15-20-14-18(4)13-19(5)23(20)28-26(21)34/h13-15,17,22,24H,8-12,16H2,1-7H3,(H,28,34)/t24-/m0/s1. The first-order valence-electron chi connectivity index (χ1n) is 12.8. The van der Waals surface area contributed by atoms with E-state index in [-0.39, 0.29) is 17.1 Å². The van der Waals surface area contributed by atoms with Crippen molar-refractivity contribution in [2.75, 3.05) is 0 Å². The monoisotopic (exact) mass is 464 g/mol. The highest BCUT2D eigenvalue weighted by molar-refractivity contribution is 5.82. The highest BCUT2D eigenvalue weighted by atomic mass is 16.1.